The van der Waals surface area contributed by atoms with E-state index >= 15 is 0 Å². The Balaban J connectivity index is 1.33. The summed E-state index contributed by atoms with van der Waals surface area (Å²) in [5.41, 5.74) is 1.38. The lowest BCUT2D eigenvalue weighted by Crippen LogP contribution is -2.48. The molecule has 0 saturated carbocycles. The highest BCUT2D eigenvalue weighted by atomic mass is 32.2. The fraction of sp³-hybridized carbons (Fsp3) is 0.500. The molecule has 174 valence electrons. The van der Waals surface area contributed by atoms with Crippen LogP contribution < -0.4 is 5.32 Å². The molecule has 1 N–H and O–H groups in total. The van der Waals surface area contributed by atoms with Crippen LogP contribution in [0.15, 0.2) is 40.6 Å². The average molecular weight is 479 g/mol. The zero-order valence-corrected chi connectivity index (χ0v) is 20.0. The number of nitrogens with one attached hydrogen (secondary N) is 1. The lowest BCUT2D eigenvalue weighted by Gasteiger charge is -2.34. The Morgan fingerprint density at radius 1 is 1.06 bits per heavy atom. The van der Waals surface area contributed by atoms with Crippen molar-refractivity contribution in [3.63, 3.8) is 0 Å². The third-order valence-corrected chi connectivity index (χ3v) is 8.64. The average Bonchev–Trinajstić information content (AvgIpc) is 3.30. The maximum absolute atomic E-state index is 12.9. The van der Waals surface area contributed by atoms with Crippen LogP contribution in [0, 0.1) is 6.92 Å². The van der Waals surface area contributed by atoms with E-state index in [2.05, 4.69) is 32.6 Å². The van der Waals surface area contributed by atoms with E-state index in [4.69, 9.17) is 4.74 Å². The summed E-state index contributed by atoms with van der Waals surface area (Å²) in [6.07, 6.45) is 0. The number of aryl methyl sites for hydroxylation is 1. The summed E-state index contributed by atoms with van der Waals surface area (Å²) in [5.74, 6) is -0.124. The van der Waals surface area contributed by atoms with Crippen molar-refractivity contribution in [1.29, 1.82) is 0 Å². The summed E-state index contributed by atoms with van der Waals surface area (Å²) < 4.78 is 32.6. The molecule has 2 aliphatic heterocycles. The summed E-state index contributed by atoms with van der Waals surface area (Å²) in [4.78, 5) is 18.8. The smallest absolute Gasteiger partial charge is 0.243 e. The zero-order valence-electron chi connectivity index (χ0n) is 18.3. The van der Waals surface area contributed by atoms with Crippen LogP contribution in [0.25, 0.3) is 0 Å². The van der Waals surface area contributed by atoms with Gasteiger partial charge in [0, 0.05) is 56.4 Å². The van der Waals surface area contributed by atoms with Gasteiger partial charge in [0.15, 0.2) is 0 Å². The Morgan fingerprint density at radius 3 is 2.47 bits per heavy atom. The van der Waals surface area contributed by atoms with Gasteiger partial charge in [0.2, 0.25) is 15.9 Å². The number of ether oxygens (including phenoxy) is 1. The van der Waals surface area contributed by atoms with Crippen molar-refractivity contribution >= 4 is 33.0 Å². The second kappa shape index (κ2) is 10.4. The van der Waals surface area contributed by atoms with Gasteiger partial charge >= 0.3 is 0 Å². The first-order valence-corrected chi connectivity index (χ1v) is 13.2. The van der Waals surface area contributed by atoms with E-state index in [1.807, 2.05) is 6.92 Å². The minimum atomic E-state index is -3.61. The Labute approximate surface area is 193 Å². The summed E-state index contributed by atoms with van der Waals surface area (Å²) in [7, 11) is -3.61. The second-order valence-electron chi connectivity index (χ2n) is 8.17. The number of nitrogens with zero attached hydrogens (tertiary/aromatic N) is 3. The van der Waals surface area contributed by atoms with Crippen molar-refractivity contribution in [3.8, 4) is 0 Å². The van der Waals surface area contributed by atoms with E-state index in [0.717, 1.165) is 38.3 Å². The largest absolute Gasteiger partial charge is 0.379 e. The summed E-state index contributed by atoms with van der Waals surface area (Å²) in [5, 5.41) is 5.02. The Kier molecular flexibility index (Phi) is 7.59. The monoisotopic (exact) mass is 478 g/mol. The van der Waals surface area contributed by atoms with Gasteiger partial charge in [0.05, 0.1) is 24.7 Å². The van der Waals surface area contributed by atoms with Gasteiger partial charge in [-0.15, -0.1) is 11.3 Å². The second-order valence-corrected chi connectivity index (χ2v) is 11.1. The fourth-order valence-electron chi connectivity index (χ4n) is 3.95. The lowest BCUT2D eigenvalue weighted by atomic mass is 10.2. The van der Waals surface area contributed by atoms with E-state index < -0.39 is 10.0 Å². The van der Waals surface area contributed by atoms with E-state index in [1.54, 1.807) is 29.5 Å². The molecule has 0 unspecified atom stereocenters. The molecule has 1 aromatic heterocycles. The first-order valence-electron chi connectivity index (χ1n) is 10.9. The Morgan fingerprint density at radius 2 is 1.78 bits per heavy atom. The SMILES string of the molecule is Cc1ccc(S(=O)(=O)N2CCOCC2)cc1NC(=O)CN1CCN(Cc2cccs2)CC1. The maximum Gasteiger partial charge on any atom is 0.243 e. The van der Waals surface area contributed by atoms with Gasteiger partial charge in [-0.3, -0.25) is 14.6 Å². The van der Waals surface area contributed by atoms with Crippen molar-refractivity contribution < 1.29 is 17.9 Å². The van der Waals surface area contributed by atoms with E-state index in [0.29, 0.717) is 38.5 Å². The molecule has 2 saturated heterocycles. The molecule has 2 aromatic rings. The molecule has 4 rings (SSSR count). The highest BCUT2D eigenvalue weighted by Crippen LogP contribution is 2.24. The number of carbonyl (C=O) groups is 1. The van der Waals surface area contributed by atoms with Crippen LogP contribution in [-0.2, 0) is 26.1 Å². The van der Waals surface area contributed by atoms with Crippen molar-refractivity contribution in [3.05, 3.63) is 46.2 Å². The zero-order chi connectivity index (χ0) is 22.6. The van der Waals surface area contributed by atoms with Crippen LogP contribution in [0.3, 0.4) is 0 Å². The number of thiophene rings is 1. The molecule has 32 heavy (non-hydrogen) atoms. The highest BCUT2D eigenvalue weighted by molar-refractivity contribution is 7.89. The number of hydrogen-bond acceptors (Lipinski definition) is 7. The number of morpholine rings is 1. The van der Waals surface area contributed by atoms with Crippen molar-refractivity contribution in [1.82, 2.24) is 14.1 Å². The molecule has 8 nitrogen and oxygen atoms in total. The minimum Gasteiger partial charge on any atom is -0.379 e. The fourth-order valence-corrected chi connectivity index (χ4v) is 6.13. The topological polar surface area (TPSA) is 82.2 Å². The number of hydrogen-bond donors (Lipinski definition) is 1. The molecule has 1 amide bonds. The molecule has 0 atom stereocenters. The Bertz CT molecular complexity index is 1010. The molecular weight excluding hydrogens is 448 g/mol. The van der Waals surface area contributed by atoms with Crippen LogP contribution in [0.2, 0.25) is 0 Å². The van der Waals surface area contributed by atoms with Crippen LogP contribution >= 0.6 is 11.3 Å². The maximum atomic E-state index is 12.9. The summed E-state index contributed by atoms with van der Waals surface area (Å²) >= 11 is 1.77. The molecular formula is C22H30N4O4S2. The molecule has 2 aliphatic rings. The normalized spacial score (nSPS) is 19.2. The van der Waals surface area contributed by atoms with Crippen LogP contribution in [-0.4, -0.2) is 87.5 Å². The number of piperazine rings is 1. The summed E-state index contributed by atoms with van der Waals surface area (Å²) in [6, 6.07) is 9.13. The molecule has 3 heterocycles. The van der Waals surface area contributed by atoms with Gasteiger partial charge < -0.3 is 10.1 Å². The lowest BCUT2D eigenvalue weighted by molar-refractivity contribution is -0.117. The molecule has 0 aliphatic carbocycles. The van der Waals surface area contributed by atoms with E-state index in [9.17, 15) is 13.2 Å². The number of amides is 1. The number of carbonyl (C=O) groups excluding carboxylic acids is 1. The quantitative estimate of drug-likeness (QED) is 0.654. The van der Waals surface area contributed by atoms with Gasteiger partial charge in [0.25, 0.3) is 0 Å². The molecule has 0 bridgehead atoms. The van der Waals surface area contributed by atoms with Crippen molar-refractivity contribution in [2.75, 3.05) is 64.3 Å². The molecule has 0 spiro atoms. The molecule has 2 fully saturated rings. The predicted octanol–water partition coefficient (Wildman–Crippen LogP) is 1.83. The van der Waals surface area contributed by atoms with Crippen LogP contribution in [0.5, 0.6) is 0 Å². The number of anilines is 1. The predicted molar refractivity (Wildman–Crippen MR) is 125 cm³/mol. The third-order valence-electron chi connectivity index (χ3n) is 5.88. The molecule has 0 radical (unpaired) electrons. The number of benzene rings is 1. The van der Waals surface area contributed by atoms with Gasteiger partial charge in [-0.05, 0) is 36.1 Å². The molecule has 10 heteroatoms. The van der Waals surface area contributed by atoms with Crippen molar-refractivity contribution in [2.45, 2.75) is 18.4 Å². The van der Waals surface area contributed by atoms with Gasteiger partial charge in [0.1, 0.15) is 0 Å². The third kappa shape index (κ3) is 5.75. The van der Waals surface area contributed by atoms with Crippen molar-refractivity contribution in [2.24, 2.45) is 0 Å². The van der Waals surface area contributed by atoms with E-state index in [-0.39, 0.29) is 10.8 Å². The van der Waals surface area contributed by atoms with Crippen LogP contribution in [0.4, 0.5) is 5.69 Å². The highest BCUT2D eigenvalue weighted by Gasteiger charge is 2.27. The van der Waals surface area contributed by atoms with Gasteiger partial charge in [-0.25, -0.2) is 8.42 Å². The number of rotatable bonds is 7. The van der Waals surface area contributed by atoms with Gasteiger partial charge in [-0.2, -0.15) is 4.31 Å². The minimum absolute atomic E-state index is 0.124. The molecule has 1 aromatic carbocycles. The Hall–Kier alpha value is -1.82. The number of sulfonamides is 1. The summed E-state index contributed by atoms with van der Waals surface area (Å²) in [6.45, 7) is 8.14. The van der Waals surface area contributed by atoms with Gasteiger partial charge in [-0.1, -0.05) is 12.1 Å². The standard InChI is InChI=1S/C22H30N4O4S2/c1-18-4-5-20(32(28,29)26-10-12-30-13-11-26)15-21(18)23-22(27)17-25-8-6-24(7-9-25)16-19-3-2-14-31-19/h2-5,14-15H,6-13,16-17H2,1H3,(H,23,27). The van der Waals surface area contributed by atoms with E-state index in [1.165, 1.54) is 9.18 Å². The first-order chi connectivity index (χ1) is 15.4. The van der Waals surface area contributed by atoms with Crippen LogP contribution in [0.1, 0.15) is 10.4 Å². The first kappa shape index (κ1) is 23.3.